The number of hydrogen-bond acceptors (Lipinski definition) is 7. The van der Waals surface area contributed by atoms with Crippen molar-refractivity contribution in [1.29, 1.82) is 0 Å². The Labute approximate surface area is 321 Å². The van der Waals surface area contributed by atoms with Crippen LogP contribution >= 0.6 is 0 Å². The maximum atomic E-state index is 13.6. The van der Waals surface area contributed by atoms with Crippen LogP contribution in [-0.4, -0.2) is 75.8 Å². The summed E-state index contributed by atoms with van der Waals surface area (Å²) in [4.78, 5) is 43.8. The van der Waals surface area contributed by atoms with E-state index in [4.69, 9.17) is 14.7 Å². The van der Waals surface area contributed by atoms with Gasteiger partial charge >= 0.3 is 6.09 Å². The highest BCUT2D eigenvalue weighted by molar-refractivity contribution is 7.88. The quantitative estimate of drug-likeness (QED) is 0.139. The number of nitrogens with one attached hydrogen (secondary N) is 3. The Bertz CT molecular complexity index is 2320. The molecule has 2 aliphatic heterocycles. The SMILES string of the molecule is COC(=O)N[C@H](C(=O)N1CCC[C@H]1c1ncc(-c2ccc3c(c2)CCc2cc(-c4cnc([C@@H]5CCCN5S(=O)(=O)Cc5ccccc5)[nH]4)ccc2-3)[nH]1)C(C)C. The van der Waals surface area contributed by atoms with Gasteiger partial charge in [0.15, 0.2) is 0 Å². The van der Waals surface area contributed by atoms with E-state index in [-0.39, 0.29) is 29.7 Å². The summed E-state index contributed by atoms with van der Waals surface area (Å²) in [7, 11) is -2.21. The molecule has 0 saturated carbocycles. The van der Waals surface area contributed by atoms with Crippen molar-refractivity contribution in [3.05, 3.63) is 107 Å². The van der Waals surface area contributed by atoms with Gasteiger partial charge in [-0.05, 0) is 95.5 Å². The number of amides is 2. The Kier molecular flexibility index (Phi) is 10.1. The van der Waals surface area contributed by atoms with Crippen LogP contribution in [-0.2, 0) is 38.1 Å². The Morgan fingerprint density at radius 1 is 0.836 bits per heavy atom. The maximum Gasteiger partial charge on any atom is 0.407 e. The number of aromatic amines is 2. The van der Waals surface area contributed by atoms with E-state index < -0.39 is 22.2 Å². The number of fused-ring (bicyclic) bond motifs is 3. The number of carbonyl (C=O) groups is 2. The van der Waals surface area contributed by atoms with Crippen LogP contribution in [0.15, 0.2) is 79.1 Å². The lowest BCUT2D eigenvalue weighted by Gasteiger charge is -2.30. The molecular formula is C42H47N7O5S. The topological polar surface area (TPSA) is 153 Å². The lowest BCUT2D eigenvalue weighted by molar-refractivity contribution is -0.135. The molecular weight excluding hydrogens is 715 g/mol. The first-order valence-electron chi connectivity index (χ1n) is 19.1. The smallest absolute Gasteiger partial charge is 0.407 e. The molecule has 0 radical (unpaired) electrons. The predicted molar refractivity (Wildman–Crippen MR) is 210 cm³/mol. The fraction of sp³-hybridized carbons (Fsp3) is 0.381. The molecule has 0 unspecified atom stereocenters. The first-order valence-corrected chi connectivity index (χ1v) is 20.8. The average Bonchev–Trinajstić information content (AvgIpc) is 4.03. The molecule has 12 nitrogen and oxygen atoms in total. The molecule has 286 valence electrons. The predicted octanol–water partition coefficient (Wildman–Crippen LogP) is 6.94. The Hall–Kier alpha value is -5.27. The standard InChI is InChI=1S/C42H47N7O5S/c1-26(2)38(47-42(51)54-3)41(50)48-19-7-11-36(48)39-43-23-34(45-39)30-15-17-32-28(21-30)13-14-29-22-31(16-18-33(29)32)35-24-44-40(46-35)37-12-8-20-49(37)55(52,53)25-27-9-5-4-6-10-27/h4-6,9-10,15-18,21-24,26,36-38H,7-8,11-14,19-20,25H2,1-3H3,(H,43,45)(H,44,46)(H,47,51)/t36-,37-,38-/m0/s1. The Balaban J connectivity index is 0.971. The number of carbonyl (C=O) groups excluding carboxylic acids is 2. The zero-order valence-corrected chi connectivity index (χ0v) is 32.2. The fourth-order valence-corrected chi connectivity index (χ4v) is 10.2. The van der Waals surface area contributed by atoms with Gasteiger partial charge in [0.25, 0.3) is 0 Å². The summed E-state index contributed by atoms with van der Waals surface area (Å²) >= 11 is 0. The van der Waals surface area contributed by atoms with Crippen molar-refractivity contribution in [1.82, 2.24) is 34.5 Å². The summed E-state index contributed by atoms with van der Waals surface area (Å²) in [6.07, 6.45) is 8.00. The number of aromatic nitrogens is 4. The maximum absolute atomic E-state index is 13.6. The normalized spacial score (nSPS) is 18.9. The molecule has 13 heteroatoms. The van der Waals surface area contributed by atoms with E-state index in [1.165, 1.54) is 29.4 Å². The minimum Gasteiger partial charge on any atom is -0.453 e. The number of nitrogens with zero attached hydrogens (tertiary/aromatic N) is 4. The van der Waals surface area contributed by atoms with Gasteiger partial charge in [0.05, 0.1) is 48.7 Å². The molecule has 5 aromatic rings. The third kappa shape index (κ3) is 7.30. The van der Waals surface area contributed by atoms with Crippen LogP contribution in [0, 0.1) is 5.92 Å². The van der Waals surface area contributed by atoms with Crippen LogP contribution in [0.25, 0.3) is 33.6 Å². The van der Waals surface area contributed by atoms with Crippen molar-refractivity contribution in [2.45, 2.75) is 76.3 Å². The molecule has 2 amide bonds. The second-order valence-corrected chi connectivity index (χ2v) is 17.1. The van der Waals surface area contributed by atoms with Gasteiger partial charge in [-0.15, -0.1) is 0 Å². The number of imidazole rings is 2. The highest BCUT2D eigenvalue weighted by atomic mass is 32.2. The number of sulfonamides is 1. The van der Waals surface area contributed by atoms with E-state index in [9.17, 15) is 18.0 Å². The summed E-state index contributed by atoms with van der Waals surface area (Å²) in [5.41, 5.74) is 9.56. The van der Waals surface area contributed by atoms with Crippen molar-refractivity contribution < 1.29 is 22.7 Å². The molecule has 4 heterocycles. The van der Waals surface area contributed by atoms with Gasteiger partial charge in [-0.2, -0.15) is 4.31 Å². The molecule has 0 bridgehead atoms. The first kappa shape index (κ1) is 36.7. The monoisotopic (exact) mass is 761 g/mol. The molecule has 3 atom stereocenters. The van der Waals surface area contributed by atoms with E-state index in [1.807, 2.05) is 61.5 Å². The molecule has 0 spiro atoms. The third-order valence-electron chi connectivity index (χ3n) is 11.3. The van der Waals surface area contributed by atoms with Gasteiger partial charge in [-0.1, -0.05) is 68.4 Å². The molecule has 2 aromatic heterocycles. The molecule has 2 saturated heterocycles. The van der Waals surface area contributed by atoms with Crippen molar-refractivity contribution in [2.24, 2.45) is 5.92 Å². The van der Waals surface area contributed by atoms with E-state index in [0.717, 1.165) is 72.4 Å². The Morgan fingerprint density at radius 3 is 2.02 bits per heavy atom. The summed E-state index contributed by atoms with van der Waals surface area (Å²) in [5, 5.41) is 2.71. The van der Waals surface area contributed by atoms with Crippen molar-refractivity contribution in [3.63, 3.8) is 0 Å². The number of rotatable bonds is 10. The van der Waals surface area contributed by atoms with E-state index in [1.54, 1.807) is 4.31 Å². The number of ether oxygens (including phenoxy) is 1. The molecule has 55 heavy (non-hydrogen) atoms. The number of alkyl carbamates (subject to hydrolysis) is 1. The fourth-order valence-electron chi connectivity index (χ4n) is 8.44. The molecule has 3 aromatic carbocycles. The average molecular weight is 762 g/mol. The van der Waals surface area contributed by atoms with Crippen molar-refractivity contribution >= 4 is 22.0 Å². The second kappa shape index (κ2) is 15.1. The van der Waals surface area contributed by atoms with Gasteiger partial charge in [0, 0.05) is 13.1 Å². The molecule has 3 aliphatic rings. The Morgan fingerprint density at radius 2 is 1.42 bits per heavy atom. The summed E-state index contributed by atoms with van der Waals surface area (Å²) in [5.74, 6) is 1.18. The van der Waals surface area contributed by atoms with Crippen LogP contribution in [0.2, 0.25) is 0 Å². The van der Waals surface area contributed by atoms with Crippen molar-refractivity contribution in [3.8, 4) is 33.6 Å². The zero-order chi connectivity index (χ0) is 38.3. The van der Waals surface area contributed by atoms with Gasteiger partial charge in [0.1, 0.15) is 17.7 Å². The lowest BCUT2D eigenvalue weighted by Crippen LogP contribution is -2.51. The number of likely N-dealkylation sites (tertiary alicyclic amines) is 1. The number of aryl methyl sites for hydroxylation is 2. The van der Waals surface area contributed by atoms with Crippen LogP contribution in [0.1, 0.15) is 80.0 Å². The van der Waals surface area contributed by atoms with E-state index >= 15 is 0 Å². The summed E-state index contributed by atoms with van der Waals surface area (Å²) < 4.78 is 33.3. The summed E-state index contributed by atoms with van der Waals surface area (Å²) in [6, 6.07) is 21.2. The van der Waals surface area contributed by atoms with Gasteiger partial charge in [-0.3, -0.25) is 4.79 Å². The van der Waals surface area contributed by atoms with E-state index in [0.29, 0.717) is 18.9 Å². The number of H-pyrrole nitrogens is 2. The largest absolute Gasteiger partial charge is 0.453 e. The minimum atomic E-state index is -3.51. The minimum absolute atomic E-state index is 0.0200. The van der Waals surface area contributed by atoms with Gasteiger partial charge in [0.2, 0.25) is 15.9 Å². The van der Waals surface area contributed by atoms with E-state index in [2.05, 4.69) is 51.7 Å². The third-order valence-corrected chi connectivity index (χ3v) is 13.1. The van der Waals surface area contributed by atoms with Crippen LogP contribution < -0.4 is 5.32 Å². The van der Waals surface area contributed by atoms with Crippen LogP contribution in [0.4, 0.5) is 4.79 Å². The van der Waals surface area contributed by atoms with Crippen molar-refractivity contribution in [2.75, 3.05) is 20.2 Å². The first-order chi connectivity index (χ1) is 26.6. The summed E-state index contributed by atoms with van der Waals surface area (Å²) in [6.45, 7) is 4.92. The highest BCUT2D eigenvalue weighted by Crippen LogP contribution is 2.40. The highest BCUT2D eigenvalue weighted by Gasteiger charge is 2.38. The molecule has 8 rings (SSSR count). The number of methoxy groups -OCH3 is 1. The van der Waals surface area contributed by atoms with Crippen LogP contribution in [0.5, 0.6) is 0 Å². The number of hydrogen-bond donors (Lipinski definition) is 3. The lowest BCUT2D eigenvalue weighted by atomic mass is 9.83. The molecule has 3 N–H and O–H groups in total. The van der Waals surface area contributed by atoms with Gasteiger partial charge in [-0.25, -0.2) is 23.2 Å². The van der Waals surface area contributed by atoms with Crippen LogP contribution in [0.3, 0.4) is 0 Å². The zero-order valence-electron chi connectivity index (χ0n) is 31.4. The molecule has 1 aliphatic carbocycles. The number of benzene rings is 3. The second-order valence-electron chi connectivity index (χ2n) is 15.2. The molecule has 2 fully saturated rings. The van der Waals surface area contributed by atoms with Gasteiger partial charge < -0.3 is 24.9 Å².